The van der Waals surface area contributed by atoms with Gasteiger partial charge in [0, 0.05) is 24.9 Å². The lowest BCUT2D eigenvalue weighted by Gasteiger charge is -2.45. The molecule has 1 amide bonds. The van der Waals surface area contributed by atoms with Crippen molar-refractivity contribution in [2.75, 3.05) is 6.54 Å². The minimum absolute atomic E-state index is 0.158. The molecule has 1 unspecified atom stereocenters. The minimum Gasteiger partial charge on any atom is -0.438 e. The first-order valence-electron chi connectivity index (χ1n) is 12.3. The summed E-state index contributed by atoms with van der Waals surface area (Å²) in [4.78, 5) is 19.5. The van der Waals surface area contributed by atoms with E-state index in [1.807, 2.05) is 86.8 Å². The Kier molecular flexibility index (Phi) is 6.04. The van der Waals surface area contributed by atoms with E-state index in [-0.39, 0.29) is 12.1 Å². The summed E-state index contributed by atoms with van der Waals surface area (Å²) in [7, 11) is 0. The number of ether oxygens (including phenoxy) is 1. The summed E-state index contributed by atoms with van der Waals surface area (Å²) in [6, 6.07) is 21.6. The van der Waals surface area contributed by atoms with E-state index >= 15 is 0 Å². The number of aliphatic hydroxyl groups is 1. The number of imidazole rings is 1. The fourth-order valence-electron chi connectivity index (χ4n) is 5.16. The molecule has 36 heavy (non-hydrogen) atoms. The van der Waals surface area contributed by atoms with Gasteiger partial charge in [0.25, 0.3) is 0 Å². The van der Waals surface area contributed by atoms with Gasteiger partial charge in [0.05, 0.1) is 29.2 Å². The first-order valence-corrected chi connectivity index (χ1v) is 12.3. The Morgan fingerprint density at radius 1 is 1.08 bits per heavy atom. The Morgan fingerprint density at radius 3 is 2.47 bits per heavy atom. The second-order valence-electron chi connectivity index (χ2n) is 10.4. The fourth-order valence-corrected chi connectivity index (χ4v) is 5.16. The standard InChI is InChI=1S/C29H32N4O3/c1-20-18-33-26(30-20)15-14-25(31-33)23-12-10-22(11-13-23)21(2)32-17-16-29(36-27(32)34,19-28(3,4)35)24-8-6-5-7-9-24/h5-15,18,21,35H,16-17,19H2,1-4H3/t21-,29?/m0/s1. The third-order valence-electron chi connectivity index (χ3n) is 6.89. The van der Waals surface area contributed by atoms with Crippen molar-refractivity contribution in [2.45, 2.75) is 57.8 Å². The van der Waals surface area contributed by atoms with Crippen LogP contribution in [-0.4, -0.2) is 42.8 Å². The molecule has 5 rings (SSSR count). The molecule has 0 spiro atoms. The van der Waals surface area contributed by atoms with Crippen LogP contribution in [0.4, 0.5) is 4.79 Å². The van der Waals surface area contributed by atoms with Crippen LogP contribution in [0.1, 0.15) is 56.5 Å². The van der Waals surface area contributed by atoms with E-state index in [1.54, 1.807) is 23.3 Å². The van der Waals surface area contributed by atoms with Crippen LogP contribution in [0.25, 0.3) is 16.9 Å². The summed E-state index contributed by atoms with van der Waals surface area (Å²) in [5.41, 5.74) is 3.69. The zero-order valence-electron chi connectivity index (χ0n) is 21.2. The number of benzene rings is 2. The number of amides is 1. The molecule has 2 aromatic heterocycles. The number of fused-ring (bicyclic) bond motifs is 1. The van der Waals surface area contributed by atoms with Crippen molar-refractivity contribution >= 4 is 11.7 Å². The van der Waals surface area contributed by atoms with Gasteiger partial charge < -0.3 is 14.7 Å². The number of carbonyl (C=O) groups excluding carboxylic acids is 1. The molecule has 7 nitrogen and oxygen atoms in total. The summed E-state index contributed by atoms with van der Waals surface area (Å²) in [5.74, 6) is 0. The van der Waals surface area contributed by atoms with Gasteiger partial charge in [0.2, 0.25) is 0 Å². The van der Waals surface area contributed by atoms with Gasteiger partial charge in [-0.3, -0.25) is 0 Å². The molecule has 1 N–H and O–H groups in total. The highest BCUT2D eigenvalue weighted by atomic mass is 16.6. The van der Waals surface area contributed by atoms with Crippen molar-refractivity contribution in [3.63, 3.8) is 0 Å². The molecule has 0 aliphatic carbocycles. The number of hydrogen-bond donors (Lipinski definition) is 1. The molecular formula is C29H32N4O3. The average Bonchev–Trinajstić information content (AvgIpc) is 3.22. The Hall–Kier alpha value is -3.71. The number of cyclic esters (lactones) is 1. The number of aromatic nitrogens is 3. The zero-order valence-corrected chi connectivity index (χ0v) is 21.2. The first-order chi connectivity index (χ1) is 17.1. The van der Waals surface area contributed by atoms with Crippen LogP contribution >= 0.6 is 0 Å². The van der Waals surface area contributed by atoms with Crippen molar-refractivity contribution in [3.8, 4) is 11.3 Å². The highest BCUT2D eigenvalue weighted by molar-refractivity contribution is 5.70. The van der Waals surface area contributed by atoms with Gasteiger partial charge in [0.15, 0.2) is 5.65 Å². The van der Waals surface area contributed by atoms with Crippen molar-refractivity contribution in [2.24, 2.45) is 0 Å². The van der Waals surface area contributed by atoms with Crippen LogP contribution in [0.2, 0.25) is 0 Å². The van der Waals surface area contributed by atoms with E-state index in [9.17, 15) is 9.90 Å². The Balaban J connectivity index is 1.35. The number of hydrogen-bond acceptors (Lipinski definition) is 5. The predicted molar refractivity (Wildman–Crippen MR) is 138 cm³/mol. The quantitative estimate of drug-likeness (QED) is 0.382. The van der Waals surface area contributed by atoms with Crippen LogP contribution in [-0.2, 0) is 10.3 Å². The van der Waals surface area contributed by atoms with E-state index in [0.717, 1.165) is 33.7 Å². The molecule has 0 saturated carbocycles. The van der Waals surface area contributed by atoms with E-state index in [1.165, 1.54) is 0 Å². The molecular weight excluding hydrogens is 452 g/mol. The molecule has 2 aromatic carbocycles. The van der Waals surface area contributed by atoms with E-state index in [2.05, 4.69) is 10.1 Å². The minimum atomic E-state index is -0.980. The lowest BCUT2D eigenvalue weighted by atomic mass is 9.80. The summed E-state index contributed by atoms with van der Waals surface area (Å²) in [6.07, 6.45) is 2.47. The zero-order chi connectivity index (χ0) is 25.5. The van der Waals surface area contributed by atoms with Crippen molar-refractivity contribution in [1.82, 2.24) is 19.5 Å². The average molecular weight is 485 g/mol. The SMILES string of the molecule is Cc1cn2nc(-c3ccc([C@H](C)N4CCC(CC(C)(C)O)(c5ccccc5)OC4=O)cc3)ccc2n1. The summed E-state index contributed by atoms with van der Waals surface area (Å²) >= 11 is 0. The van der Waals surface area contributed by atoms with Gasteiger partial charge in [-0.1, -0.05) is 54.6 Å². The molecule has 1 aliphatic rings. The number of aryl methyl sites for hydroxylation is 1. The maximum absolute atomic E-state index is 13.3. The van der Waals surface area contributed by atoms with Gasteiger partial charge in [-0.2, -0.15) is 5.10 Å². The lowest BCUT2D eigenvalue weighted by molar-refractivity contribution is -0.101. The maximum Gasteiger partial charge on any atom is 0.411 e. The highest BCUT2D eigenvalue weighted by Gasteiger charge is 2.46. The van der Waals surface area contributed by atoms with Gasteiger partial charge in [-0.05, 0) is 51.0 Å². The molecule has 7 heteroatoms. The van der Waals surface area contributed by atoms with Crippen molar-refractivity contribution in [1.29, 1.82) is 0 Å². The second-order valence-corrected chi connectivity index (χ2v) is 10.4. The molecule has 3 heterocycles. The molecule has 0 radical (unpaired) electrons. The van der Waals surface area contributed by atoms with Gasteiger partial charge in [0.1, 0.15) is 5.60 Å². The topological polar surface area (TPSA) is 80.0 Å². The van der Waals surface area contributed by atoms with Crippen LogP contribution in [0.5, 0.6) is 0 Å². The molecule has 186 valence electrons. The van der Waals surface area contributed by atoms with E-state index < -0.39 is 11.2 Å². The molecule has 4 aromatic rings. The van der Waals surface area contributed by atoms with Crippen LogP contribution < -0.4 is 0 Å². The molecule has 1 aliphatic heterocycles. The van der Waals surface area contributed by atoms with Crippen LogP contribution in [0.3, 0.4) is 0 Å². The van der Waals surface area contributed by atoms with Gasteiger partial charge in [-0.15, -0.1) is 0 Å². The smallest absolute Gasteiger partial charge is 0.411 e. The van der Waals surface area contributed by atoms with Gasteiger partial charge >= 0.3 is 6.09 Å². The van der Waals surface area contributed by atoms with Crippen molar-refractivity contribution < 1.29 is 14.6 Å². The monoisotopic (exact) mass is 484 g/mol. The van der Waals surface area contributed by atoms with Crippen molar-refractivity contribution in [3.05, 3.63) is 89.7 Å². The summed E-state index contributed by atoms with van der Waals surface area (Å²) in [5, 5.41) is 15.3. The summed E-state index contributed by atoms with van der Waals surface area (Å²) < 4.78 is 7.92. The normalized spacial score (nSPS) is 19.4. The van der Waals surface area contributed by atoms with Crippen LogP contribution in [0, 0.1) is 6.92 Å². The van der Waals surface area contributed by atoms with E-state index in [0.29, 0.717) is 19.4 Å². The van der Waals surface area contributed by atoms with Gasteiger partial charge in [-0.25, -0.2) is 14.3 Å². The number of carbonyl (C=O) groups is 1. The van der Waals surface area contributed by atoms with Crippen LogP contribution in [0.15, 0.2) is 72.9 Å². The third-order valence-corrected chi connectivity index (χ3v) is 6.89. The first kappa shape index (κ1) is 24.0. The second kappa shape index (κ2) is 9.06. The molecule has 2 atom stereocenters. The predicted octanol–water partition coefficient (Wildman–Crippen LogP) is 5.66. The highest BCUT2D eigenvalue weighted by Crippen LogP contribution is 2.42. The Bertz CT molecular complexity index is 1380. The number of nitrogens with zero attached hydrogens (tertiary/aromatic N) is 4. The maximum atomic E-state index is 13.3. The largest absolute Gasteiger partial charge is 0.438 e. The molecule has 1 fully saturated rings. The van der Waals surface area contributed by atoms with E-state index in [4.69, 9.17) is 4.74 Å². The third kappa shape index (κ3) is 4.71. The number of rotatable bonds is 6. The Labute approximate surface area is 211 Å². The summed E-state index contributed by atoms with van der Waals surface area (Å²) in [6.45, 7) is 8.00. The molecule has 1 saturated heterocycles. The lowest BCUT2D eigenvalue weighted by Crippen LogP contribution is -2.51. The fraction of sp³-hybridized carbons (Fsp3) is 0.345. The molecule has 0 bridgehead atoms. The Morgan fingerprint density at radius 2 is 1.81 bits per heavy atom.